The quantitative estimate of drug-likeness (QED) is 0.786. The van der Waals surface area contributed by atoms with Gasteiger partial charge in [0.05, 0.1) is 12.7 Å². The van der Waals surface area contributed by atoms with Crippen LogP contribution in [0.3, 0.4) is 0 Å². The molecule has 0 aromatic heterocycles. The first-order valence-electron chi connectivity index (χ1n) is 5.10. The lowest BCUT2D eigenvalue weighted by atomic mass is 10.1. The molecule has 0 amide bonds. The fourth-order valence-electron chi connectivity index (χ4n) is 1.54. The Balaban J connectivity index is 2.00. The first-order valence-corrected chi connectivity index (χ1v) is 5.10. The molecule has 0 spiro atoms. The molecular formula is C12H11F2NO. The molecule has 0 N–H and O–H groups in total. The van der Waals surface area contributed by atoms with Crippen molar-refractivity contribution in [1.29, 1.82) is 5.26 Å². The van der Waals surface area contributed by atoms with Gasteiger partial charge >= 0.3 is 0 Å². The molecule has 1 aromatic rings. The van der Waals surface area contributed by atoms with Crippen LogP contribution in [-0.2, 0) is 0 Å². The molecular weight excluding hydrogens is 212 g/mol. The summed E-state index contributed by atoms with van der Waals surface area (Å²) in [6.07, 6.45) is 2.24. The molecule has 1 aromatic carbocycles. The van der Waals surface area contributed by atoms with Gasteiger partial charge in [0.2, 0.25) is 0 Å². The van der Waals surface area contributed by atoms with Crippen molar-refractivity contribution in [2.24, 2.45) is 5.41 Å². The summed E-state index contributed by atoms with van der Waals surface area (Å²) in [5.41, 5.74) is -0.131. The van der Waals surface area contributed by atoms with Crippen LogP contribution in [0.5, 0.6) is 5.75 Å². The van der Waals surface area contributed by atoms with Gasteiger partial charge in [-0.2, -0.15) is 5.26 Å². The van der Waals surface area contributed by atoms with E-state index in [0.29, 0.717) is 6.42 Å². The fourth-order valence-corrected chi connectivity index (χ4v) is 1.54. The number of hydrogen-bond donors (Lipinski definition) is 0. The van der Waals surface area contributed by atoms with E-state index < -0.39 is 11.6 Å². The predicted molar refractivity (Wildman–Crippen MR) is 53.8 cm³/mol. The first kappa shape index (κ1) is 10.9. The van der Waals surface area contributed by atoms with Crippen LogP contribution in [0.4, 0.5) is 8.78 Å². The van der Waals surface area contributed by atoms with Gasteiger partial charge in [-0.3, -0.25) is 0 Å². The first-order chi connectivity index (χ1) is 7.65. The molecule has 1 aliphatic carbocycles. The van der Waals surface area contributed by atoms with Crippen molar-refractivity contribution in [3.63, 3.8) is 0 Å². The average Bonchev–Trinajstić information content (AvgIpc) is 3.01. The van der Waals surface area contributed by atoms with E-state index in [1.807, 2.05) is 0 Å². The molecule has 0 unspecified atom stereocenters. The van der Waals surface area contributed by atoms with Crippen LogP contribution in [-0.4, -0.2) is 6.61 Å². The largest absolute Gasteiger partial charge is 0.490 e. The summed E-state index contributed by atoms with van der Waals surface area (Å²) >= 11 is 0. The van der Waals surface area contributed by atoms with Gasteiger partial charge in [0.15, 0.2) is 11.6 Å². The van der Waals surface area contributed by atoms with Gasteiger partial charge in [-0.05, 0) is 25.0 Å². The summed E-state index contributed by atoms with van der Waals surface area (Å²) in [6.45, 7) is 0.279. The maximum Gasteiger partial charge on any atom is 0.165 e. The summed E-state index contributed by atoms with van der Waals surface area (Å²) in [5.74, 6) is -1.18. The Morgan fingerprint density at radius 1 is 1.38 bits per heavy atom. The van der Waals surface area contributed by atoms with Gasteiger partial charge < -0.3 is 4.74 Å². The SMILES string of the molecule is N#CCC1(COc2cc(F)ccc2F)CC1. The molecule has 1 saturated carbocycles. The molecule has 0 saturated heterocycles. The number of benzene rings is 1. The van der Waals surface area contributed by atoms with E-state index in [1.54, 1.807) is 0 Å². The number of halogens is 2. The molecule has 84 valence electrons. The van der Waals surface area contributed by atoms with E-state index >= 15 is 0 Å². The second-order valence-corrected chi connectivity index (χ2v) is 4.20. The van der Waals surface area contributed by atoms with Crippen LogP contribution in [0, 0.1) is 28.4 Å². The smallest absolute Gasteiger partial charge is 0.165 e. The van der Waals surface area contributed by atoms with Crippen molar-refractivity contribution in [3.05, 3.63) is 29.8 Å². The fraction of sp³-hybridized carbons (Fsp3) is 0.417. The van der Waals surface area contributed by atoms with Crippen molar-refractivity contribution < 1.29 is 13.5 Å². The standard InChI is InChI=1S/C12H11F2NO/c13-9-1-2-10(14)11(7-9)16-8-12(3-4-12)5-6-15/h1-2,7H,3-5,8H2. The minimum absolute atomic E-state index is 0.0794. The van der Waals surface area contributed by atoms with Crippen molar-refractivity contribution >= 4 is 0 Å². The predicted octanol–water partition coefficient (Wildman–Crippen LogP) is 3.04. The highest BCUT2D eigenvalue weighted by Gasteiger charge is 2.43. The molecule has 2 nitrogen and oxygen atoms in total. The maximum absolute atomic E-state index is 13.2. The van der Waals surface area contributed by atoms with E-state index in [1.165, 1.54) is 0 Å². The lowest BCUT2D eigenvalue weighted by Crippen LogP contribution is -2.13. The molecule has 0 radical (unpaired) electrons. The van der Waals surface area contributed by atoms with Crippen LogP contribution in [0.2, 0.25) is 0 Å². The monoisotopic (exact) mass is 223 g/mol. The minimum atomic E-state index is -0.575. The zero-order valence-electron chi connectivity index (χ0n) is 8.67. The van der Waals surface area contributed by atoms with Crippen LogP contribution < -0.4 is 4.74 Å². The molecule has 4 heteroatoms. The molecule has 0 bridgehead atoms. The number of hydrogen-bond acceptors (Lipinski definition) is 2. The number of ether oxygens (including phenoxy) is 1. The highest BCUT2D eigenvalue weighted by Crippen LogP contribution is 2.48. The second kappa shape index (κ2) is 4.09. The van der Waals surface area contributed by atoms with Gasteiger partial charge in [-0.1, -0.05) is 0 Å². The van der Waals surface area contributed by atoms with Gasteiger partial charge in [-0.25, -0.2) is 8.78 Å². The van der Waals surface area contributed by atoms with Crippen LogP contribution in [0.1, 0.15) is 19.3 Å². The lowest BCUT2D eigenvalue weighted by Gasteiger charge is -2.13. The normalized spacial score (nSPS) is 16.6. The van der Waals surface area contributed by atoms with Crippen molar-refractivity contribution in [2.75, 3.05) is 6.61 Å². The van der Waals surface area contributed by atoms with Gasteiger partial charge in [0.25, 0.3) is 0 Å². The second-order valence-electron chi connectivity index (χ2n) is 4.20. The molecule has 2 rings (SSSR count). The Morgan fingerprint density at radius 3 is 2.75 bits per heavy atom. The summed E-state index contributed by atoms with van der Waals surface area (Å²) < 4.78 is 31.3. The Labute approximate surface area is 92.5 Å². The molecule has 0 heterocycles. The summed E-state index contributed by atoms with van der Waals surface area (Å²) in [6, 6.07) is 5.19. The highest BCUT2D eigenvalue weighted by molar-refractivity contribution is 5.25. The van der Waals surface area contributed by atoms with Gasteiger partial charge in [-0.15, -0.1) is 0 Å². The van der Waals surface area contributed by atoms with E-state index in [2.05, 4.69) is 6.07 Å². The number of nitrogens with zero attached hydrogens (tertiary/aromatic N) is 1. The Morgan fingerprint density at radius 2 is 2.12 bits per heavy atom. The minimum Gasteiger partial charge on any atom is -0.490 e. The summed E-state index contributed by atoms with van der Waals surface area (Å²) in [5, 5.41) is 8.60. The van der Waals surface area contributed by atoms with Crippen molar-refractivity contribution in [2.45, 2.75) is 19.3 Å². The van der Waals surface area contributed by atoms with Crippen LogP contribution >= 0.6 is 0 Å². The Hall–Kier alpha value is -1.63. The highest BCUT2D eigenvalue weighted by atomic mass is 19.1. The van der Waals surface area contributed by atoms with Gasteiger partial charge in [0.1, 0.15) is 5.82 Å². The maximum atomic E-state index is 13.2. The number of rotatable bonds is 4. The summed E-state index contributed by atoms with van der Waals surface area (Å²) in [4.78, 5) is 0. The van der Waals surface area contributed by atoms with E-state index in [9.17, 15) is 8.78 Å². The molecule has 0 atom stereocenters. The van der Waals surface area contributed by atoms with E-state index in [4.69, 9.17) is 10.00 Å². The topological polar surface area (TPSA) is 33.0 Å². The third-order valence-corrected chi connectivity index (χ3v) is 2.84. The molecule has 1 aliphatic rings. The van der Waals surface area contributed by atoms with Crippen molar-refractivity contribution in [1.82, 2.24) is 0 Å². The molecule has 0 aliphatic heterocycles. The summed E-state index contributed by atoms with van der Waals surface area (Å²) in [7, 11) is 0. The number of nitriles is 1. The third kappa shape index (κ3) is 2.30. The van der Waals surface area contributed by atoms with Crippen LogP contribution in [0.25, 0.3) is 0 Å². The molecule has 16 heavy (non-hydrogen) atoms. The van der Waals surface area contributed by atoms with E-state index in [-0.39, 0.29) is 17.8 Å². The molecule has 1 fully saturated rings. The zero-order chi connectivity index (χ0) is 11.6. The van der Waals surface area contributed by atoms with E-state index in [0.717, 1.165) is 31.0 Å². The lowest BCUT2D eigenvalue weighted by molar-refractivity contribution is 0.226. The zero-order valence-corrected chi connectivity index (χ0v) is 8.67. The third-order valence-electron chi connectivity index (χ3n) is 2.84. The Kier molecular flexibility index (Phi) is 2.78. The Bertz CT molecular complexity index is 435. The van der Waals surface area contributed by atoms with Gasteiger partial charge in [0, 0.05) is 17.9 Å². The van der Waals surface area contributed by atoms with Crippen LogP contribution in [0.15, 0.2) is 18.2 Å². The van der Waals surface area contributed by atoms with Crippen molar-refractivity contribution in [3.8, 4) is 11.8 Å². The average molecular weight is 223 g/mol.